The maximum Gasteiger partial charge on any atom is 0.223 e. The van der Waals surface area contributed by atoms with Gasteiger partial charge in [-0.05, 0) is 42.9 Å². The number of fused-ring (bicyclic) bond motifs is 1. The molecule has 0 saturated carbocycles. The van der Waals surface area contributed by atoms with Crippen molar-refractivity contribution in [2.45, 2.75) is 44.3 Å². The molecule has 124 valence electrons. The molecule has 4 rings (SSSR count). The molecule has 0 aliphatic carbocycles. The van der Waals surface area contributed by atoms with Gasteiger partial charge in [-0.25, -0.2) is 0 Å². The van der Waals surface area contributed by atoms with Crippen LogP contribution in [0.3, 0.4) is 0 Å². The van der Waals surface area contributed by atoms with Crippen molar-refractivity contribution >= 4 is 5.91 Å². The van der Waals surface area contributed by atoms with Gasteiger partial charge in [-0.3, -0.25) is 14.7 Å². The molecule has 0 radical (unpaired) electrons. The zero-order valence-corrected chi connectivity index (χ0v) is 13.6. The minimum Gasteiger partial charge on any atom is -0.381 e. The molecule has 3 aliphatic rings. The quantitative estimate of drug-likeness (QED) is 0.848. The van der Waals surface area contributed by atoms with E-state index in [2.05, 4.69) is 14.8 Å². The molecule has 3 aliphatic heterocycles. The van der Waals surface area contributed by atoms with Crippen molar-refractivity contribution in [3.63, 3.8) is 0 Å². The van der Waals surface area contributed by atoms with Gasteiger partial charge in [0.05, 0.1) is 6.61 Å². The minimum atomic E-state index is 0.314. The fourth-order valence-electron chi connectivity index (χ4n) is 4.41. The average molecular weight is 315 g/mol. The Labute approximate surface area is 137 Å². The van der Waals surface area contributed by atoms with Gasteiger partial charge < -0.3 is 9.64 Å². The van der Waals surface area contributed by atoms with Crippen LogP contribution in [0.1, 0.15) is 31.2 Å². The third-order valence-corrected chi connectivity index (χ3v) is 5.62. The highest BCUT2D eigenvalue weighted by Gasteiger charge is 2.43. The molecule has 5 heteroatoms. The van der Waals surface area contributed by atoms with Crippen LogP contribution >= 0.6 is 0 Å². The molecular formula is C18H25N3O2. The second-order valence-electron chi connectivity index (χ2n) is 7.06. The van der Waals surface area contributed by atoms with Gasteiger partial charge in [-0.2, -0.15) is 0 Å². The molecule has 0 N–H and O–H groups in total. The maximum absolute atomic E-state index is 12.5. The van der Waals surface area contributed by atoms with Crippen molar-refractivity contribution in [2.75, 3.05) is 26.3 Å². The molecule has 1 amide bonds. The van der Waals surface area contributed by atoms with Crippen molar-refractivity contribution in [3.8, 4) is 0 Å². The minimum absolute atomic E-state index is 0.314. The number of hydrogen-bond acceptors (Lipinski definition) is 4. The van der Waals surface area contributed by atoms with E-state index in [1.165, 1.54) is 12.0 Å². The monoisotopic (exact) mass is 315 g/mol. The Hall–Kier alpha value is -1.46. The fourth-order valence-corrected chi connectivity index (χ4v) is 4.41. The molecule has 0 spiro atoms. The summed E-state index contributed by atoms with van der Waals surface area (Å²) in [5, 5.41) is 0. The van der Waals surface area contributed by atoms with Gasteiger partial charge in [-0.1, -0.05) is 0 Å². The van der Waals surface area contributed by atoms with E-state index in [0.717, 1.165) is 45.7 Å². The Morgan fingerprint density at radius 2 is 2.04 bits per heavy atom. The molecule has 3 fully saturated rings. The summed E-state index contributed by atoms with van der Waals surface area (Å²) in [5.74, 6) is 0.995. The maximum atomic E-state index is 12.5. The number of amides is 1. The molecular weight excluding hydrogens is 290 g/mol. The number of carbonyl (C=O) groups excluding carboxylic acids is 1. The summed E-state index contributed by atoms with van der Waals surface area (Å²) < 4.78 is 5.52. The zero-order valence-electron chi connectivity index (χ0n) is 13.6. The highest BCUT2D eigenvalue weighted by atomic mass is 16.5. The number of ether oxygens (including phenoxy) is 1. The third-order valence-electron chi connectivity index (χ3n) is 5.62. The predicted molar refractivity (Wildman–Crippen MR) is 86.7 cm³/mol. The standard InChI is InChI=1S/C18H25N3O2/c22-18-2-1-16-17(21(18)12-14-3-7-19-8-4-14)5-9-20(16)11-15-6-10-23-13-15/h3-4,7-8,15-17H,1-2,5-6,9-13H2/t15?,16-,17-/m1/s1. The van der Waals surface area contributed by atoms with Gasteiger partial charge in [0.2, 0.25) is 5.91 Å². The fraction of sp³-hybridized carbons (Fsp3) is 0.667. The molecule has 1 aromatic heterocycles. The van der Waals surface area contributed by atoms with Crippen molar-refractivity contribution in [2.24, 2.45) is 5.92 Å². The summed E-state index contributed by atoms with van der Waals surface area (Å²) in [6.45, 7) is 4.81. The summed E-state index contributed by atoms with van der Waals surface area (Å²) >= 11 is 0. The smallest absolute Gasteiger partial charge is 0.223 e. The second kappa shape index (κ2) is 6.57. The number of carbonyl (C=O) groups is 1. The van der Waals surface area contributed by atoms with E-state index in [0.29, 0.717) is 30.3 Å². The van der Waals surface area contributed by atoms with Crippen LogP contribution in [0.2, 0.25) is 0 Å². The third kappa shape index (κ3) is 3.12. The van der Waals surface area contributed by atoms with Gasteiger partial charge in [0.25, 0.3) is 0 Å². The largest absolute Gasteiger partial charge is 0.381 e. The highest BCUT2D eigenvalue weighted by molar-refractivity contribution is 5.77. The Kier molecular flexibility index (Phi) is 4.31. The number of hydrogen-bond donors (Lipinski definition) is 0. The number of pyridine rings is 1. The van der Waals surface area contributed by atoms with E-state index in [1.807, 2.05) is 24.5 Å². The average Bonchev–Trinajstić information content (AvgIpc) is 3.22. The summed E-state index contributed by atoms with van der Waals surface area (Å²) in [4.78, 5) is 21.3. The SMILES string of the molecule is O=C1CC[C@@H]2[C@@H](CCN2CC2CCOC2)N1Cc1ccncc1. The topological polar surface area (TPSA) is 45.7 Å². The van der Waals surface area contributed by atoms with Crippen LogP contribution in [-0.4, -0.2) is 59.1 Å². The van der Waals surface area contributed by atoms with E-state index in [-0.39, 0.29) is 0 Å². The van der Waals surface area contributed by atoms with E-state index in [1.54, 1.807) is 0 Å². The Bertz CT molecular complexity index is 544. The van der Waals surface area contributed by atoms with Crippen LogP contribution in [0.15, 0.2) is 24.5 Å². The summed E-state index contributed by atoms with van der Waals surface area (Å²) in [5.41, 5.74) is 1.18. The first-order valence-corrected chi connectivity index (χ1v) is 8.81. The van der Waals surface area contributed by atoms with Crippen LogP contribution < -0.4 is 0 Å². The van der Waals surface area contributed by atoms with Crippen LogP contribution in [0.5, 0.6) is 0 Å². The van der Waals surface area contributed by atoms with Crippen molar-refractivity contribution in [3.05, 3.63) is 30.1 Å². The number of rotatable bonds is 4. The van der Waals surface area contributed by atoms with Gasteiger partial charge in [0.1, 0.15) is 0 Å². The zero-order chi connectivity index (χ0) is 15.6. The molecule has 0 bridgehead atoms. The van der Waals surface area contributed by atoms with E-state index in [4.69, 9.17) is 4.74 Å². The first-order valence-electron chi connectivity index (χ1n) is 8.81. The normalized spacial score (nSPS) is 31.6. The molecule has 1 unspecified atom stereocenters. The molecule has 5 nitrogen and oxygen atoms in total. The van der Waals surface area contributed by atoms with Crippen LogP contribution in [0.25, 0.3) is 0 Å². The van der Waals surface area contributed by atoms with E-state index in [9.17, 15) is 4.79 Å². The lowest BCUT2D eigenvalue weighted by Crippen LogP contribution is -2.52. The van der Waals surface area contributed by atoms with Gasteiger partial charge in [0.15, 0.2) is 0 Å². The van der Waals surface area contributed by atoms with E-state index < -0.39 is 0 Å². The van der Waals surface area contributed by atoms with Gasteiger partial charge in [0, 0.05) is 57.1 Å². The Morgan fingerprint density at radius 1 is 1.17 bits per heavy atom. The van der Waals surface area contributed by atoms with Crippen molar-refractivity contribution in [1.82, 2.24) is 14.8 Å². The van der Waals surface area contributed by atoms with Crippen molar-refractivity contribution < 1.29 is 9.53 Å². The molecule has 23 heavy (non-hydrogen) atoms. The number of piperidine rings is 1. The number of aromatic nitrogens is 1. The molecule has 4 heterocycles. The van der Waals surface area contributed by atoms with Crippen LogP contribution in [-0.2, 0) is 16.1 Å². The number of likely N-dealkylation sites (tertiary alicyclic amines) is 2. The first-order chi connectivity index (χ1) is 11.3. The van der Waals surface area contributed by atoms with Gasteiger partial charge >= 0.3 is 0 Å². The summed E-state index contributed by atoms with van der Waals surface area (Å²) in [7, 11) is 0. The summed E-state index contributed by atoms with van der Waals surface area (Å²) in [6, 6.07) is 4.95. The molecule has 3 saturated heterocycles. The molecule has 3 atom stereocenters. The van der Waals surface area contributed by atoms with Crippen molar-refractivity contribution in [1.29, 1.82) is 0 Å². The highest BCUT2D eigenvalue weighted by Crippen LogP contribution is 2.33. The second-order valence-corrected chi connectivity index (χ2v) is 7.06. The molecule has 1 aromatic rings. The Balaban J connectivity index is 1.45. The lowest BCUT2D eigenvalue weighted by Gasteiger charge is -2.40. The Morgan fingerprint density at radius 3 is 2.83 bits per heavy atom. The lowest BCUT2D eigenvalue weighted by molar-refractivity contribution is -0.138. The van der Waals surface area contributed by atoms with E-state index >= 15 is 0 Å². The lowest BCUT2D eigenvalue weighted by atomic mass is 9.95. The predicted octanol–water partition coefficient (Wildman–Crippen LogP) is 1.68. The van der Waals surface area contributed by atoms with Crippen LogP contribution in [0, 0.1) is 5.92 Å². The summed E-state index contributed by atoms with van der Waals surface area (Å²) in [6.07, 6.45) is 7.61. The molecule has 0 aromatic carbocycles. The van der Waals surface area contributed by atoms with Gasteiger partial charge in [-0.15, -0.1) is 0 Å². The van der Waals surface area contributed by atoms with Crippen LogP contribution in [0.4, 0.5) is 0 Å². The number of nitrogens with zero attached hydrogens (tertiary/aromatic N) is 3. The first kappa shape index (κ1) is 15.1.